The minimum absolute atomic E-state index is 0.151. The van der Waals surface area contributed by atoms with Crippen molar-refractivity contribution < 1.29 is 9.53 Å². The van der Waals surface area contributed by atoms with Gasteiger partial charge in [-0.05, 0) is 49.1 Å². The van der Waals surface area contributed by atoms with Crippen LogP contribution in [0.3, 0.4) is 0 Å². The third-order valence-corrected chi connectivity index (χ3v) is 5.62. The molecule has 1 saturated heterocycles. The van der Waals surface area contributed by atoms with E-state index < -0.39 is 0 Å². The van der Waals surface area contributed by atoms with Gasteiger partial charge in [0.05, 0.1) is 7.11 Å². The largest absolute Gasteiger partial charge is 0.496 e. The topological polar surface area (TPSA) is 44.8 Å². The van der Waals surface area contributed by atoms with Gasteiger partial charge in [-0.3, -0.25) is 9.69 Å². The number of para-hydroxylation sites is 1. The Bertz CT molecular complexity index is 868. The van der Waals surface area contributed by atoms with Crippen LogP contribution >= 0.6 is 0 Å². The number of anilines is 2. The summed E-state index contributed by atoms with van der Waals surface area (Å²) >= 11 is 0. The summed E-state index contributed by atoms with van der Waals surface area (Å²) in [6.07, 6.45) is 6.14. The van der Waals surface area contributed by atoms with Crippen molar-refractivity contribution in [3.8, 4) is 5.75 Å². The van der Waals surface area contributed by atoms with Crippen LogP contribution in [0.2, 0.25) is 0 Å². The van der Waals surface area contributed by atoms with Crippen LogP contribution in [0.5, 0.6) is 5.75 Å². The maximum Gasteiger partial charge on any atom is 0.248 e. The highest BCUT2D eigenvalue weighted by Crippen LogP contribution is 2.30. The van der Waals surface area contributed by atoms with Gasteiger partial charge in [-0.2, -0.15) is 0 Å². The molecule has 1 aliphatic carbocycles. The zero-order valence-electron chi connectivity index (χ0n) is 17.0. The number of methoxy groups -OCH3 is 1. The van der Waals surface area contributed by atoms with E-state index >= 15 is 0 Å². The number of carbonyl (C=O) groups is 1. The van der Waals surface area contributed by atoms with Gasteiger partial charge in [-0.15, -0.1) is 0 Å². The first-order valence-electron chi connectivity index (χ1n) is 10.4. The lowest BCUT2D eigenvalue weighted by atomic mass is 10.2. The van der Waals surface area contributed by atoms with Gasteiger partial charge in [0, 0.05) is 55.7 Å². The number of hydrogen-bond donors (Lipinski definition) is 1. The van der Waals surface area contributed by atoms with E-state index in [9.17, 15) is 4.79 Å². The van der Waals surface area contributed by atoms with Crippen molar-refractivity contribution >= 4 is 23.4 Å². The maximum absolute atomic E-state index is 12.4. The van der Waals surface area contributed by atoms with Crippen LogP contribution in [0.4, 0.5) is 11.4 Å². The fraction of sp³-hybridized carbons (Fsp3) is 0.375. The van der Waals surface area contributed by atoms with Crippen LogP contribution in [0.15, 0.2) is 54.6 Å². The molecule has 4 rings (SSSR count). The molecule has 0 spiro atoms. The van der Waals surface area contributed by atoms with Crippen molar-refractivity contribution in [2.75, 3.05) is 50.1 Å². The fourth-order valence-corrected chi connectivity index (χ4v) is 3.79. The Morgan fingerprint density at radius 2 is 1.90 bits per heavy atom. The van der Waals surface area contributed by atoms with Crippen LogP contribution in [0.25, 0.3) is 6.08 Å². The van der Waals surface area contributed by atoms with Gasteiger partial charge < -0.3 is 15.0 Å². The van der Waals surface area contributed by atoms with Gasteiger partial charge in [0.1, 0.15) is 5.75 Å². The number of benzene rings is 2. The summed E-state index contributed by atoms with van der Waals surface area (Å²) in [5.41, 5.74) is 2.86. The zero-order chi connectivity index (χ0) is 20.1. The van der Waals surface area contributed by atoms with Crippen molar-refractivity contribution in [1.29, 1.82) is 0 Å². The second-order valence-corrected chi connectivity index (χ2v) is 7.85. The van der Waals surface area contributed by atoms with Crippen LogP contribution in [0, 0.1) is 5.92 Å². The van der Waals surface area contributed by atoms with Crippen molar-refractivity contribution in [2.24, 2.45) is 5.92 Å². The molecular formula is C24H29N3O2. The average Bonchev–Trinajstić information content (AvgIpc) is 3.57. The molecule has 152 valence electrons. The molecule has 1 saturated carbocycles. The molecule has 2 aliphatic rings. The molecule has 2 aromatic rings. The number of hydrogen-bond acceptors (Lipinski definition) is 4. The standard InChI is InChI=1S/C24H29N3O2/c1-29-23-8-3-2-5-20(23)11-12-24(28)25-21-6-4-7-22(17-21)27-15-13-26(14-16-27)18-19-9-10-19/h2-8,11-12,17,19H,9-10,13-16,18H2,1H3,(H,25,28). The normalized spacial score (nSPS) is 17.5. The summed E-state index contributed by atoms with van der Waals surface area (Å²) in [7, 11) is 1.63. The molecule has 0 aromatic heterocycles. The van der Waals surface area contributed by atoms with Gasteiger partial charge in [-0.25, -0.2) is 0 Å². The minimum atomic E-state index is -0.151. The number of nitrogens with one attached hydrogen (secondary N) is 1. The third kappa shape index (κ3) is 5.39. The van der Waals surface area contributed by atoms with Gasteiger partial charge in [-0.1, -0.05) is 24.3 Å². The van der Waals surface area contributed by atoms with Crippen molar-refractivity contribution in [3.63, 3.8) is 0 Å². The van der Waals surface area contributed by atoms with Crippen LogP contribution < -0.4 is 15.0 Å². The Kier molecular flexibility index (Phi) is 6.15. The Balaban J connectivity index is 1.33. The lowest BCUT2D eigenvalue weighted by Crippen LogP contribution is -2.47. The van der Waals surface area contributed by atoms with Gasteiger partial charge in [0.2, 0.25) is 5.91 Å². The molecule has 1 heterocycles. The summed E-state index contributed by atoms with van der Waals surface area (Å²) in [5, 5.41) is 2.97. The van der Waals surface area contributed by atoms with Gasteiger partial charge in [0.25, 0.3) is 0 Å². The van der Waals surface area contributed by atoms with E-state index in [1.165, 1.54) is 25.1 Å². The molecule has 1 N–H and O–H groups in total. The lowest BCUT2D eigenvalue weighted by molar-refractivity contribution is -0.111. The first kappa shape index (κ1) is 19.5. The van der Waals surface area contributed by atoms with Crippen LogP contribution in [0.1, 0.15) is 18.4 Å². The van der Waals surface area contributed by atoms with Crippen LogP contribution in [-0.2, 0) is 4.79 Å². The molecule has 1 amide bonds. The predicted molar refractivity (Wildman–Crippen MR) is 118 cm³/mol. The van der Waals surface area contributed by atoms with E-state index in [-0.39, 0.29) is 5.91 Å². The Hall–Kier alpha value is -2.79. The summed E-state index contributed by atoms with van der Waals surface area (Å²) in [6, 6.07) is 15.8. The number of carbonyl (C=O) groups excluding carboxylic acids is 1. The predicted octanol–water partition coefficient (Wildman–Crippen LogP) is 3.88. The highest BCUT2D eigenvalue weighted by atomic mass is 16.5. The SMILES string of the molecule is COc1ccccc1C=CC(=O)Nc1cccc(N2CCN(CC3CC3)CC2)c1. The quantitative estimate of drug-likeness (QED) is 0.728. The first-order chi connectivity index (χ1) is 14.2. The number of nitrogens with zero attached hydrogens (tertiary/aromatic N) is 2. The van der Waals surface area contributed by atoms with E-state index in [4.69, 9.17) is 4.74 Å². The molecule has 2 aromatic carbocycles. The smallest absolute Gasteiger partial charge is 0.248 e. The molecular weight excluding hydrogens is 362 g/mol. The van der Waals surface area contributed by atoms with Crippen LogP contribution in [-0.4, -0.2) is 50.6 Å². The van der Waals surface area contributed by atoms with Crippen molar-refractivity contribution in [3.05, 3.63) is 60.2 Å². The van der Waals surface area contributed by atoms with E-state index in [1.54, 1.807) is 19.3 Å². The summed E-state index contributed by atoms with van der Waals surface area (Å²) < 4.78 is 5.32. The highest BCUT2D eigenvalue weighted by molar-refractivity contribution is 6.02. The highest BCUT2D eigenvalue weighted by Gasteiger charge is 2.26. The Morgan fingerprint density at radius 1 is 1.10 bits per heavy atom. The first-order valence-corrected chi connectivity index (χ1v) is 10.4. The molecule has 0 radical (unpaired) electrons. The summed E-state index contributed by atoms with van der Waals surface area (Å²) in [4.78, 5) is 17.4. The fourth-order valence-electron chi connectivity index (χ4n) is 3.79. The second-order valence-electron chi connectivity index (χ2n) is 7.85. The maximum atomic E-state index is 12.4. The average molecular weight is 392 g/mol. The molecule has 0 unspecified atom stereocenters. The Labute approximate surface area is 173 Å². The van der Waals surface area contributed by atoms with Gasteiger partial charge >= 0.3 is 0 Å². The van der Waals surface area contributed by atoms with Gasteiger partial charge in [0.15, 0.2) is 0 Å². The molecule has 0 atom stereocenters. The molecule has 5 nitrogen and oxygen atoms in total. The number of ether oxygens (including phenoxy) is 1. The van der Waals surface area contributed by atoms with E-state index in [0.29, 0.717) is 0 Å². The van der Waals surface area contributed by atoms with E-state index in [0.717, 1.165) is 49.1 Å². The number of piperazine rings is 1. The molecule has 29 heavy (non-hydrogen) atoms. The molecule has 1 aliphatic heterocycles. The third-order valence-electron chi connectivity index (χ3n) is 5.62. The number of amides is 1. The van der Waals surface area contributed by atoms with Crippen molar-refractivity contribution in [1.82, 2.24) is 4.90 Å². The Morgan fingerprint density at radius 3 is 2.66 bits per heavy atom. The molecule has 5 heteroatoms. The molecule has 0 bridgehead atoms. The van der Waals surface area contributed by atoms with E-state index in [2.05, 4.69) is 27.2 Å². The monoisotopic (exact) mass is 391 g/mol. The summed E-state index contributed by atoms with van der Waals surface area (Å²) in [5.74, 6) is 1.55. The van der Waals surface area contributed by atoms with Crippen molar-refractivity contribution in [2.45, 2.75) is 12.8 Å². The van der Waals surface area contributed by atoms with E-state index in [1.807, 2.05) is 36.4 Å². The zero-order valence-corrected chi connectivity index (χ0v) is 17.0. The minimum Gasteiger partial charge on any atom is -0.496 e. The second kappa shape index (κ2) is 9.14. The summed E-state index contributed by atoms with van der Waals surface area (Å²) in [6.45, 7) is 5.58. The lowest BCUT2D eigenvalue weighted by Gasteiger charge is -2.36. The molecule has 2 fully saturated rings. The number of rotatable bonds is 7.